The second-order valence-electron chi connectivity index (χ2n) is 9.23. The number of benzene rings is 2. The van der Waals surface area contributed by atoms with Gasteiger partial charge in [0.25, 0.3) is 5.91 Å². The van der Waals surface area contributed by atoms with Gasteiger partial charge in [0.15, 0.2) is 0 Å². The molecule has 0 spiro atoms. The molecule has 6 heteroatoms. The Bertz CT molecular complexity index is 1030. The molecule has 0 bridgehead atoms. The van der Waals surface area contributed by atoms with E-state index in [0.29, 0.717) is 11.4 Å². The zero-order chi connectivity index (χ0) is 22.6. The predicted octanol–water partition coefficient (Wildman–Crippen LogP) is 4.32. The lowest BCUT2D eigenvalue weighted by Gasteiger charge is -2.20. The fourth-order valence-electron chi connectivity index (χ4n) is 3.51. The van der Waals surface area contributed by atoms with Gasteiger partial charge in [-0.05, 0) is 83.1 Å². The van der Waals surface area contributed by atoms with Crippen LogP contribution in [0.4, 0.5) is 11.5 Å². The first kappa shape index (κ1) is 22.6. The van der Waals surface area contributed by atoms with Gasteiger partial charge in [-0.3, -0.25) is 4.79 Å². The smallest absolute Gasteiger partial charge is 0.255 e. The molecule has 3 N–H and O–H groups in total. The van der Waals surface area contributed by atoms with E-state index < -0.39 is 0 Å². The molecule has 0 unspecified atom stereocenters. The second-order valence-corrected chi connectivity index (χ2v) is 9.23. The maximum Gasteiger partial charge on any atom is 0.255 e. The van der Waals surface area contributed by atoms with Crippen LogP contribution in [0.5, 0.6) is 0 Å². The number of hydrogen-bond acceptors (Lipinski definition) is 4. The number of nitrogen functional groups attached to an aromatic ring is 1. The van der Waals surface area contributed by atoms with Gasteiger partial charge in [0.05, 0.1) is 11.2 Å². The first-order chi connectivity index (χ1) is 14.6. The van der Waals surface area contributed by atoms with Crippen LogP contribution in [0.2, 0.25) is 0 Å². The van der Waals surface area contributed by atoms with E-state index >= 15 is 0 Å². The standard InChI is InChI=1S/C25H33N5O/c1-25(2,3)30-23(26)16-22(28-30)14-11-18-7-6-8-21(15-18)27-24(31)20-12-9-19(10-13-20)17-29(4)5/h6-10,12-13,15-16H,11,14,17,26H2,1-5H3,(H,27,31). The molecule has 2 aromatic carbocycles. The van der Waals surface area contributed by atoms with Crippen molar-refractivity contribution < 1.29 is 4.79 Å². The predicted molar refractivity (Wildman–Crippen MR) is 127 cm³/mol. The summed E-state index contributed by atoms with van der Waals surface area (Å²) in [5, 5.41) is 7.65. The van der Waals surface area contributed by atoms with Crippen LogP contribution in [-0.4, -0.2) is 34.7 Å². The largest absolute Gasteiger partial charge is 0.384 e. The quantitative estimate of drug-likeness (QED) is 0.598. The summed E-state index contributed by atoms with van der Waals surface area (Å²) in [5.41, 5.74) is 10.7. The van der Waals surface area contributed by atoms with E-state index in [1.807, 2.05) is 67.3 Å². The number of rotatable bonds is 7. The molecule has 0 aliphatic rings. The van der Waals surface area contributed by atoms with Crippen molar-refractivity contribution in [2.24, 2.45) is 0 Å². The average Bonchev–Trinajstić information content (AvgIpc) is 3.08. The van der Waals surface area contributed by atoms with Gasteiger partial charge >= 0.3 is 0 Å². The van der Waals surface area contributed by atoms with Crippen molar-refractivity contribution in [2.75, 3.05) is 25.1 Å². The van der Waals surface area contributed by atoms with Crippen LogP contribution >= 0.6 is 0 Å². The lowest BCUT2D eigenvalue weighted by molar-refractivity contribution is 0.102. The lowest BCUT2D eigenvalue weighted by atomic mass is 10.1. The summed E-state index contributed by atoms with van der Waals surface area (Å²) in [6.07, 6.45) is 1.61. The Kier molecular flexibility index (Phi) is 6.81. The third-order valence-corrected chi connectivity index (χ3v) is 4.99. The summed E-state index contributed by atoms with van der Waals surface area (Å²) in [4.78, 5) is 14.7. The van der Waals surface area contributed by atoms with E-state index in [1.165, 1.54) is 5.56 Å². The Hall–Kier alpha value is -3.12. The summed E-state index contributed by atoms with van der Waals surface area (Å²) < 4.78 is 1.86. The van der Waals surface area contributed by atoms with E-state index in [1.54, 1.807) is 0 Å². The molecule has 0 fully saturated rings. The topological polar surface area (TPSA) is 76.2 Å². The number of carbonyl (C=O) groups is 1. The zero-order valence-electron chi connectivity index (χ0n) is 19.1. The summed E-state index contributed by atoms with van der Waals surface area (Å²) >= 11 is 0. The van der Waals surface area contributed by atoms with Crippen molar-refractivity contribution in [3.63, 3.8) is 0 Å². The Labute approximate surface area is 185 Å². The molecule has 1 aromatic heterocycles. The summed E-state index contributed by atoms with van der Waals surface area (Å²) in [7, 11) is 4.05. The van der Waals surface area contributed by atoms with Crippen LogP contribution in [0, 0.1) is 0 Å². The number of nitrogens with one attached hydrogen (secondary N) is 1. The molecular weight excluding hydrogens is 386 g/mol. The molecule has 0 atom stereocenters. The van der Waals surface area contributed by atoms with Crippen LogP contribution in [-0.2, 0) is 24.9 Å². The number of aromatic nitrogens is 2. The number of anilines is 2. The highest BCUT2D eigenvalue weighted by atomic mass is 16.1. The minimum atomic E-state index is -0.142. The number of aryl methyl sites for hydroxylation is 2. The molecule has 0 aliphatic heterocycles. The van der Waals surface area contributed by atoms with E-state index in [-0.39, 0.29) is 11.4 Å². The van der Waals surface area contributed by atoms with Crippen LogP contribution in [0.1, 0.15) is 48.0 Å². The molecule has 3 aromatic rings. The van der Waals surface area contributed by atoms with Gasteiger partial charge in [0, 0.05) is 23.9 Å². The summed E-state index contributed by atoms with van der Waals surface area (Å²) in [6, 6.07) is 17.6. The highest BCUT2D eigenvalue weighted by molar-refractivity contribution is 6.04. The van der Waals surface area contributed by atoms with Gasteiger partial charge in [-0.2, -0.15) is 5.10 Å². The molecule has 1 amide bonds. The van der Waals surface area contributed by atoms with Crippen LogP contribution in [0.25, 0.3) is 0 Å². The van der Waals surface area contributed by atoms with Crippen molar-refractivity contribution in [1.29, 1.82) is 0 Å². The van der Waals surface area contributed by atoms with Gasteiger partial charge in [-0.1, -0.05) is 24.3 Å². The Morgan fingerprint density at radius 1 is 1.03 bits per heavy atom. The summed E-state index contributed by atoms with van der Waals surface area (Å²) in [6.45, 7) is 7.11. The maximum atomic E-state index is 12.6. The normalized spacial score (nSPS) is 11.7. The van der Waals surface area contributed by atoms with Crippen LogP contribution in [0.3, 0.4) is 0 Å². The number of carbonyl (C=O) groups excluding carboxylic acids is 1. The van der Waals surface area contributed by atoms with Gasteiger partial charge in [0.1, 0.15) is 5.82 Å². The number of nitrogens with two attached hydrogens (primary N) is 1. The first-order valence-corrected chi connectivity index (χ1v) is 10.6. The molecule has 3 rings (SSSR count). The third-order valence-electron chi connectivity index (χ3n) is 4.99. The second kappa shape index (κ2) is 9.35. The van der Waals surface area contributed by atoms with Gasteiger partial charge < -0.3 is 16.0 Å². The van der Waals surface area contributed by atoms with Crippen molar-refractivity contribution in [3.05, 3.63) is 77.0 Å². The van der Waals surface area contributed by atoms with E-state index in [0.717, 1.165) is 36.3 Å². The van der Waals surface area contributed by atoms with E-state index in [2.05, 4.69) is 42.2 Å². The molecule has 0 radical (unpaired) electrons. The van der Waals surface area contributed by atoms with E-state index in [4.69, 9.17) is 5.73 Å². The number of nitrogens with zero attached hydrogens (tertiary/aromatic N) is 3. The molecule has 31 heavy (non-hydrogen) atoms. The fraction of sp³-hybridized carbons (Fsp3) is 0.360. The molecule has 0 saturated carbocycles. The first-order valence-electron chi connectivity index (χ1n) is 10.6. The van der Waals surface area contributed by atoms with Crippen LogP contribution < -0.4 is 11.1 Å². The van der Waals surface area contributed by atoms with Gasteiger partial charge in [-0.25, -0.2) is 4.68 Å². The highest BCUT2D eigenvalue weighted by Crippen LogP contribution is 2.20. The van der Waals surface area contributed by atoms with E-state index in [9.17, 15) is 4.79 Å². The lowest BCUT2D eigenvalue weighted by Crippen LogP contribution is -2.24. The minimum absolute atomic E-state index is 0.106. The number of amides is 1. The van der Waals surface area contributed by atoms with Crippen molar-refractivity contribution in [3.8, 4) is 0 Å². The Balaban J connectivity index is 1.62. The fourth-order valence-corrected chi connectivity index (χ4v) is 3.51. The Morgan fingerprint density at radius 3 is 2.35 bits per heavy atom. The SMILES string of the molecule is CN(C)Cc1ccc(C(=O)Nc2cccc(CCc3cc(N)n(C(C)(C)C)n3)c2)cc1. The molecule has 0 saturated heterocycles. The maximum absolute atomic E-state index is 12.6. The van der Waals surface area contributed by atoms with Crippen molar-refractivity contribution in [2.45, 2.75) is 45.7 Å². The molecular formula is C25H33N5O. The molecule has 6 nitrogen and oxygen atoms in total. The van der Waals surface area contributed by atoms with Crippen molar-refractivity contribution in [1.82, 2.24) is 14.7 Å². The van der Waals surface area contributed by atoms with Gasteiger partial charge in [0.2, 0.25) is 0 Å². The van der Waals surface area contributed by atoms with Crippen LogP contribution in [0.15, 0.2) is 54.6 Å². The molecule has 1 heterocycles. The zero-order valence-corrected chi connectivity index (χ0v) is 19.1. The van der Waals surface area contributed by atoms with Gasteiger partial charge in [-0.15, -0.1) is 0 Å². The Morgan fingerprint density at radius 2 is 1.74 bits per heavy atom. The molecule has 164 valence electrons. The molecule has 0 aliphatic carbocycles. The summed E-state index contributed by atoms with van der Waals surface area (Å²) in [5.74, 6) is 0.574. The monoisotopic (exact) mass is 419 g/mol. The minimum Gasteiger partial charge on any atom is -0.384 e. The number of hydrogen-bond donors (Lipinski definition) is 2. The van der Waals surface area contributed by atoms with Crippen molar-refractivity contribution >= 4 is 17.4 Å². The highest BCUT2D eigenvalue weighted by Gasteiger charge is 2.18. The third kappa shape index (κ3) is 6.18. The average molecular weight is 420 g/mol.